The van der Waals surface area contributed by atoms with Gasteiger partial charge in [-0.25, -0.2) is 0 Å². The second-order valence-electron chi connectivity index (χ2n) is 5.03. The molecular formula is C15H34NO2PS. The van der Waals surface area contributed by atoms with Crippen LogP contribution in [-0.2, 0) is 9.09 Å². The highest BCUT2D eigenvalue weighted by atomic mass is 32.7. The molecule has 0 N–H and O–H groups in total. The fourth-order valence-electron chi connectivity index (χ4n) is 1.98. The molecule has 0 saturated heterocycles. The van der Waals surface area contributed by atoms with Gasteiger partial charge in [0.15, 0.2) is 0 Å². The minimum atomic E-state index is -2.44. The molecule has 5 heteroatoms. The van der Waals surface area contributed by atoms with Crippen molar-refractivity contribution >= 4 is 18.0 Å². The van der Waals surface area contributed by atoms with Crippen molar-refractivity contribution in [1.29, 1.82) is 0 Å². The fraction of sp³-hybridized carbons (Fsp3) is 1.00. The molecule has 0 aromatic heterocycles. The van der Waals surface area contributed by atoms with Crippen molar-refractivity contribution in [3.05, 3.63) is 0 Å². The molecule has 0 aliphatic heterocycles. The maximum absolute atomic E-state index is 12.6. The van der Waals surface area contributed by atoms with E-state index in [9.17, 15) is 4.57 Å². The van der Waals surface area contributed by atoms with E-state index in [1.807, 2.05) is 6.92 Å². The van der Waals surface area contributed by atoms with Gasteiger partial charge in [-0.1, -0.05) is 64.8 Å². The molecule has 0 aliphatic carbocycles. The van der Waals surface area contributed by atoms with Crippen LogP contribution in [0.2, 0.25) is 0 Å². The molecule has 0 radical (unpaired) electrons. The summed E-state index contributed by atoms with van der Waals surface area (Å²) >= 11 is 1.54. The summed E-state index contributed by atoms with van der Waals surface area (Å²) < 4.78 is 18.3. The molecule has 0 saturated carbocycles. The van der Waals surface area contributed by atoms with Crippen molar-refractivity contribution in [2.45, 2.75) is 59.8 Å². The average Bonchev–Trinajstić information content (AvgIpc) is 2.47. The molecular weight excluding hydrogens is 289 g/mol. The van der Waals surface area contributed by atoms with Crippen molar-refractivity contribution in [2.24, 2.45) is 0 Å². The third-order valence-electron chi connectivity index (χ3n) is 3.51. The van der Waals surface area contributed by atoms with E-state index in [0.717, 1.165) is 31.8 Å². The molecule has 0 aliphatic rings. The van der Waals surface area contributed by atoms with Crippen LogP contribution in [0.1, 0.15) is 59.8 Å². The Hall–Kier alpha value is 0.500. The molecule has 0 aromatic rings. The van der Waals surface area contributed by atoms with Gasteiger partial charge in [0.2, 0.25) is 0 Å². The first kappa shape index (κ1) is 20.5. The minimum absolute atomic E-state index is 0.644. The number of unbranched alkanes of at least 4 members (excludes halogenated alkanes) is 4. The number of rotatable bonds is 14. The fourth-order valence-corrected chi connectivity index (χ4v) is 5.52. The van der Waals surface area contributed by atoms with Gasteiger partial charge in [-0.3, -0.25) is 4.57 Å². The molecule has 122 valence electrons. The largest absolute Gasteiger partial charge is 0.321 e. The minimum Gasteiger partial charge on any atom is -0.321 e. The molecule has 0 aromatic carbocycles. The Bertz CT molecular complexity index is 260. The molecule has 0 bridgehead atoms. The van der Waals surface area contributed by atoms with E-state index < -0.39 is 6.57 Å². The average molecular weight is 323 g/mol. The van der Waals surface area contributed by atoms with Crippen LogP contribution in [0.3, 0.4) is 0 Å². The Kier molecular flexibility index (Phi) is 13.5. The summed E-state index contributed by atoms with van der Waals surface area (Å²) in [7, 11) is 0. The van der Waals surface area contributed by atoms with Crippen LogP contribution in [0.15, 0.2) is 0 Å². The van der Waals surface area contributed by atoms with Crippen LogP contribution in [-0.4, -0.2) is 43.1 Å². The molecule has 20 heavy (non-hydrogen) atoms. The van der Waals surface area contributed by atoms with Crippen LogP contribution in [0.25, 0.3) is 0 Å². The van der Waals surface area contributed by atoms with Crippen LogP contribution < -0.4 is 0 Å². The summed E-state index contributed by atoms with van der Waals surface area (Å²) in [5.41, 5.74) is 0. The third kappa shape index (κ3) is 10.3. The van der Waals surface area contributed by atoms with Gasteiger partial charge in [0.25, 0.3) is 6.57 Å². The number of nitrogens with zero attached hydrogens (tertiary/aromatic N) is 1. The van der Waals surface area contributed by atoms with Gasteiger partial charge in [0.1, 0.15) is 0 Å². The predicted molar refractivity (Wildman–Crippen MR) is 93.1 cm³/mol. The van der Waals surface area contributed by atoms with Gasteiger partial charge in [0, 0.05) is 18.5 Å². The Morgan fingerprint density at radius 3 is 2.20 bits per heavy atom. The topological polar surface area (TPSA) is 29.5 Å². The Morgan fingerprint density at radius 1 is 1.00 bits per heavy atom. The first-order valence-electron chi connectivity index (χ1n) is 8.22. The van der Waals surface area contributed by atoms with E-state index in [1.165, 1.54) is 25.7 Å². The zero-order valence-electron chi connectivity index (χ0n) is 13.9. The van der Waals surface area contributed by atoms with Crippen molar-refractivity contribution in [3.63, 3.8) is 0 Å². The number of hydrogen-bond acceptors (Lipinski definition) is 4. The van der Waals surface area contributed by atoms with Crippen molar-refractivity contribution in [3.8, 4) is 0 Å². The highest BCUT2D eigenvalue weighted by molar-refractivity contribution is 8.56. The van der Waals surface area contributed by atoms with Crippen molar-refractivity contribution in [2.75, 3.05) is 38.2 Å². The third-order valence-corrected chi connectivity index (χ3v) is 8.44. The molecule has 1 atom stereocenters. The lowest BCUT2D eigenvalue weighted by atomic mass is 10.2. The zero-order chi connectivity index (χ0) is 15.3. The molecule has 1 unspecified atom stereocenters. The van der Waals surface area contributed by atoms with Gasteiger partial charge < -0.3 is 9.42 Å². The maximum Gasteiger partial charge on any atom is 0.257 e. The Morgan fingerprint density at radius 2 is 1.65 bits per heavy atom. The lowest BCUT2D eigenvalue weighted by molar-refractivity contribution is 0.312. The summed E-state index contributed by atoms with van der Waals surface area (Å²) in [6.07, 6.45) is 6.71. The smallest absolute Gasteiger partial charge is 0.257 e. The van der Waals surface area contributed by atoms with Crippen LogP contribution in [0, 0.1) is 0 Å². The standard InChI is InChI=1S/C15H34NO2PS/c1-5-9-10-11-12-14-18-19(17,8-4)20-15-13-16(6-2)7-3/h5-15H2,1-4H3. The summed E-state index contributed by atoms with van der Waals surface area (Å²) in [4.78, 5) is 2.36. The predicted octanol–water partition coefficient (Wildman–Crippen LogP) is 5.26. The van der Waals surface area contributed by atoms with Crippen molar-refractivity contribution in [1.82, 2.24) is 4.90 Å². The summed E-state index contributed by atoms with van der Waals surface area (Å²) in [6.45, 7) is 9.87. The molecule has 0 spiro atoms. The highest BCUT2D eigenvalue weighted by Crippen LogP contribution is 2.59. The van der Waals surface area contributed by atoms with E-state index in [4.69, 9.17) is 4.52 Å². The van der Waals surface area contributed by atoms with E-state index in [-0.39, 0.29) is 0 Å². The van der Waals surface area contributed by atoms with Crippen LogP contribution >= 0.6 is 18.0 Å². The second-order valence-corrected chi connectivity index (χ2v) is 10.3. The SMILES string of the molecule is CCCCCCCOP(=O)(CC)SCCN(CC)CC. The van der Waals surface area contributed by atoms with Gasteiger partial charge in [-0.15, -0.1) is 0 Å². The quantitative estimate of drug-likeness (QED) is 0.322. The van der Waals surface area contributed by atoms with Crippen LogP contribution in [0.4, 0.5) is 0 Å². The van der Waals surface area contributed by atoms with E-state index in [1.54, 1.807) is 11.4 Å². The molecule has 0 amide bonds. The summed E-state index contributed by atoms with van der Waals surface area (Å²) in [5, 5.41) is 0. The monoisotopic (exact) mass is 323 g/mol. The first-order valence-corrected chi connectivity index (χ1v) is 11.6. The van der Waals surface area contributed by atoms with Gasteiger partial charge in [0.05, 0.1) is 6.61 Å². The highest BCUT2D eigenvalue weighted by Gasteiger charge is 2.21. The lowest BCUT2D eigenvalue weighted by Crippen LogP contribution is -2.25. The molecule has 3 nitrogen and oxygen atoms in total. The van der Waals surface area contributed by atoms with Crippen molar-refractivity contribution < 1.29 is 9.09 Å². The normalized spacial score (nSPS) is 14.7. The van der Waals surface area contributed by atoms with Gasteiger partial charge in [-0.05, 0) is 19.5 Å². The first-order chi connectivity index (χ1) is 9.61. The van der Waals surface area contributed by atoms with E-state index in [0.29, 0.717) is 12.8 Å². The van der Waals surface area contributed by atoms with Gasteiger partial charge in [-0.2, -0.15) is 0 Å². The van der Waals surface area contributed by atoms with Gasteiger partial charge >= 0.3 is 0 Å². The lowest BCUT2D eigenvalue weighted by Gasteiger charge is -2.20. The number of hydrogen-bond donors (Lipinski definition) is 0. The maximum atomic E-state index is 12.6. The second kappa shape index (κ2) is 13.2. The molecule has 0 fully saturated rings. The van der Waals surface area contributed by atoms with Crippen LogP contribution in [0.5, 0.6) is 0 Å². The molecule has 0 rings (SSSR count). The molecule has 0 heterocycles. The Balaban J connectivity index is 3.81. The summed E-state index contributed by atoms with van der Waals surface area (Å²) in [5.74, 6) is 0.905. The zero-order valence-corrected chi connectivity index (χ0v) is 15.6. The van der Waals surface area contributed by atoms with E-state index >= 15 is 0 Å². The summed E-state index contributed by atoms with van der Waals surface area (Å²) in [6, 6.07) is 0. The Labute approximate surface area is 130 Å². The van der Waals surface area contributed by atoms with E-state index in [2.05, 4.69) is 25.7 Å².